The molecule has 0 fully saturated rings. The third-order valence-electron chi connectivity index (χ3n) is 5.78. The van der Waals surface area contributed by atoms with Crippen molar-refractivity contribution in [2.75, 3.05) is 6.26 Å². The van der Waals surface area contributed by atoms with Crippen molar-refractivity contribution in [3.8, 4) is 11.1 Å². The molecule has 0 aliphatic carbocycles. The highest BCUT2D eigenvalue weighted by Crippen LogP contribution is 2.43. The predicted octanol–water partition coefficient (Wildman–Crippen LogP) is 8.81. The zero-order valence-electron chi connectivity index (χ0n) is 19.8. The van der Waals surface area contributed by atoms with E-state index in [9.17, 15) is 9.50 Å². The molecule has 0 aliphatic rings. The molecular formula is C28H33FOS2. The van der Waals surface area contributed by atoms with Crippen molar-refractivity contribution in [1.29, 1.82) is 0 Å². The van der Waals surface area contributed by atoms with Crippen LogP contribution in [0.4, 0.5) is 4.39 Å². The fourth-order valence-corrected chi connectivity index (χ4v) is 5.51. The van der Waals surface area contributed by atoms with Gasteiger partial charge in [0.25, 0.3) is 0 Å². The number of hydrogen-bond donors (Lipinski definition) is 1. The van der Waals surface area contributed by atoms with Crippen LogP contribution in [-0.2, 0) is 5.75 Å². The lowest BCUT2D eigenvalue weighted by atomic mass is 9.80. The van der Waals surface area contributed by atoms with Crippen molar-refractivity contribution in [2.45, 2.75) is 68.1 Å². The van der Waals surface area contributed by atoms with Crippen LogP contribution in [0, 0.1) is 5.82 Å². The summed E-state index contributed by atoms with van der Waals surface area (Å²) < 4.78 is 13.8. The number of aliphatic hydroxyl groups excluding tert-OH is 1. The van der Waals surface area contributed by atoms with Gasteiger partial charge in [-0.3, -0.25) is 0 Å². The summed E-state index contributed by atoms with van der Waals surface area (Å²) in [6, 6.07) is 17.6. The Morgan fingerprint density at radius 2 is 1.38 bits per heavy atom. The average molecular weight is 469 g/mol. The summed E-state index contributed by atoms with van der Waals surface area (Å²) >= 11 is 3.55. The standard InChI is InChI=1S/C28H33FOS2/c1-17(2)24-15-25(18(3)4)27(19(5)30)28(20-7-9-21(29)10-8-20)26(24)16-32-23-13-11-22(31-6)12-14-23/h7-15,17-19,30H,16H2,1-6H3. The van der Waals surface area contributed by atoms with E-state index in [1.807, 2.05) is 19.1 Å². The van der Waals surface area contributed by atoms with Gasteiger partial charge >= 0.3 is 0 Å². The second-order valence-electron chi connectivity index (χ2n) is 8.78. The van der Waals surface area contributed by atoms with E-state index in [0.717, 1.165) is 22.4 Å². The predicted molar refractivity (Wildman–Crippen MR) is 138 cm³/mol. The van der Waals surface area contributed by atoms with E-state index >= 15 is 0 Å². The molecule has 0 radical (unpaired) electrons. The molecule has 0 amide bonds. The van der Waals surface area contributed by atoms with E-state index in [2.05, 4.69) is 64.3 Å². The molecule has 0 spiro atoms. The Kier molecular flexibility index (Phi) is 8.49. The first-order chi connectivity index (χ1) is 15.2. The smallest absolute Gasteiger partial charge is 0.123 e. The summed E-state index contributed by atoms with van der Waals surface area (Å²) in [6.07, 6.45) is 1.47. The molecule has 0 bridgehead atoms. The van der Waals surface area contributed by atoms with Crippen molar-refractivity contribution in [1.82, 2.24) is 0 Å². The maximum Gasteiger partial charge on any atom is 0.123 e. The van der Waals surface area contributed by atoms with Gasteiger partial charge in [-0.1, -0.05) is 45.9 Å². The summed E-state index contributed by atoms with van der Waals surface area (Å²) in [6.45, 7) is 10.6. The van der Waals surface area contributed by atoms with Crippen molar-refractivity contribution >= 4 is 23.5 Å². The summed E-state index contributed by atoms with van der Waals surface area (Å²) in [5.74, 6) is 1.15. The molecular weight excluding hydrogens is 435 g/mol. The fourth-order valence-electron chi connectivity index (χ4n) is 4.16. The van der Waals surface area contributed by atoms with Gasteiger partial charge in [-0.05, 0) is 94.8 Å². The van der Waals surface area contributed by atoms with Crippen LogP contribution in [0.3, 0.4) is 0 Å². The molecule has 0 aliphatic heterocycles. The Labute approximate surface area is 200 Å². The summed E-state index contributed by atoms with van der Waals surface area (Å²) in [4.78, 5) is 2.47. The normalized spacial score (nSPS) is 12.6. The molecule has 32 heavy (non-hydrogen) atoms. The van der Waals surface area contributed by atoms with Gasteiger partial charge in [0, 0.05) is 15.5 Å². The van der Waals surface area contributed by atoms with Gasteiger partial charge in [0.2, 0.25) is 0 Å². The maximum absolute atomic E-state index is 13.8. The van der Waals surface area contributed by atoms with Gasteiger partial charge in [-0.25, -0.2) is 4.39 Å². The summed E-state index contributed by atoms with van der Waals surface area (Å²) in [5, 5.41) is 10.9. The van der Waals surface area contributed by atoms with Crippen LogP contribution in [-0.4, -0.2) is 11.4 Å². The van der Waals surface area contributed by atoms with Crippen LogP contribution < -0.4 is 0 Å². The first-order valence-corrected chi connectivity index (χ1v) is 13.3. The average Bonchev–Trinajstić information content (AvgIpc) is 2.77. The molecule has 4 heteroatoms. The van der Waals surface area contributed by atoms with Crippen LogP contribution in [0.5, 0.6) is 0 Å². The minimum Gasteiger partial charge on any atom is -0.389 e. The Morgan fingerprint density at radius 1 is 0.812 bits per heavy atom. The number of halogens is 1. The molecule has 3 aromatic carbocycles. The highest BCUT2D eigenvalue weighted by Gasteiger charge is 2.24. The van der Waals surface area contributed by atoms with Gasteiger partial charge in [-0.2, -0.15) is 0 Å². The topological polar surface area (TPSA) is 20.2 Å². The van der Waals surface area contributed by atoms with Crippen LogP contribution in [0.15, 0.2) is 64.4 Å². The van der Waals surface area contributed by atoms with E-state index < -0.39 is 6.10 Å². The van der Waals surface area contributed by atoms with Crippen LogP contribution >= 0.6 is 23.5 Å². The Hall–Kier alpha value is -1.75. The van der Waals surface area contributed by atoms with Crippen LogP contribution in [0.1, 0.15) is 74.8 Å². The molecule has 3 rings (SSSR count). The largest absolute Gasteiger partial charge is 0.389 e. The van der Waals surface area contributed by atoms with Gasteiger partial charge in [0.05, 0.1) is 6.10 Å². The molecule has 0 saturated heterocycles. The third kappa shape index (κ3) is 5.59. The molecule has 1 nitrogen and oxygen atoms in total. The third-order valence-corrected chi connectivity index (χ3v) is 7.56. The molecule has 3 aromatic rings. The Morgan fingerprint density at radius 3 is 1.88 bits per heavy atom. The van der Waals surface area contributed by atoms with Gasteiger partial charge < -0.3 is 5.11 Å². The SMILES string of the molecule is CSc1ccc(SCc2c(C(C)C)cc(C(C)C)c(C(C)O)c2-c2ccc(F)cc2)cc1. The quantitative estimate of drug-likeness (QED) is 0.334. The lowest BCUT2D eigenvalue weighted by Gasteiger charge is -2.27. The second-order valence-corrected chi connectivity index (χ2v) is 10.7. The molecule has 1 atom stereocenters. The highest BCUT2D eigenvalue weighted by atomic mass is 32.2. The minimum absolute atomic E-state index is 0.249. The van der Waals surface area contributed by atoms with E-state index in [-0.39, 0.29) is 11.7 Å². The molecule has 170 valence electrons. The van der Waals surface area contributed by atoms with Gasteiger partial charge in [-0.15, -0.1) is 23.5 Å². The molecule has 1 N–H and O–H groups in total. The number of thioether (sulfide) groups is 2. The monoisotopic (exact) mass is 468 g/mol. The van der Waals surface area contributed by atoms with Gasteiger partial charge in [0.15, 0.2) is 0 Å². The first kappa shape index (κ1) is 24.9. The fraction of sp³-hybridized carbons (Fsp3) is 0.357. The molecule has 0 saturated carbocycles. The van der Waals surface area contributed by atoms with E-state index in [1.54, 1.807) is 23.5 Å². The van der Waals surface area contributed by atoms with Crippen LogP contribution in [0.2, 0.25) is 0 Å². The van der Waals surface area contributed by atoms with Crippen molar-refractivity contribution in [2.24, 2.45) is 0 Å². The highest BCUT2D eigenvalue weighted by molar-refractivity contribution is 7.99. The van der Waals surface area contributed by atoms with Crippen molar-refractivity contribution in [3.05, 3.63) is 82.7 Å². The maximum atomic E-state index is 13.8. The minimum atomic E-state index is -0.613. The van der Waals surface area contributed by atoms with Crippen LogP contribution in [0.25, 0.3) is 11.1 Å². The van der Waals surface area contributed by atoms with E-state index in [0.29, 0.717) is 5.92 Å². The van der Waals surface area contributed by atoms with E-state index in [1.165, 1.54) is 38.6 Å². The molecule has 0 heterocycles. The van der Waals surface area contributed by atoms with Crippen molar-refractivity contribution in [3.63, 3.8) is 0 Å². The summed E-state index contributed by atoms with van der Waals surface area (Å²) in [5.41, 5.74) is 6.67. The van der Waals surface area contributed by atoms with E-state index in [4.69, 9.17) is 0 Å². The lowest BCUT2D eigenvalue weighted by Crippen LogP contribution is -2.10. The Balaban J connectivity index is 2.21. The first-order valence-electron chi connectivity index (χ1n) is 11.1. The lowest BCUT2D eigenvalue weighted by molar-refractivity contribution is 0.198. The zero-order chi connectivity index (χ0) is 23.4. The van der Waals surface area contributed by atoms with Gasteiger partial charge in [0.1, 0.15) is 5.82 Å². The number of aliphatic hydroxyl groups is 1. The summed E-state index contributed by atoms with van der Waals surface area (Å²) in [7, 11) is 0. The number of hydrogen-bond acceptors (Lipinski definition) is 3. The number of rotatable bonds is 8. The second kappa shape index (κ2) is 10.9. The van der Waals surface area contributed by atoms with Crippen molar-refractivity contribution < 1.29 is 9.50 Å². The zero-order valence-corrected chi connectivity index (χ0v) is 21.4. The Bertz CT molecular complexity index is 1040. The number of benzene rings is 3. The molecule has 1 unspecified atom stereocenters. The molecule has 0 aromatic heterocycles.